The molecule has 5 heteroatoms. The van der Waals surface area contributed by atoms with E-state index in [2.05, 4.69) is 16.8 Å². The molecule has 0 aromatic heterocycles. The second-order valence-corrected chi connectivity index (χ2v) is 6.10. The zero-order valence-corrected chi connectivity index (χ0v) is 12.6. The van der Waals surface area contributed by atoms with E-state index in [1.54, 1.807) is 12.1 Å². The third-order valence-electron chi connectivity index (χ3n) is 4.67. The van der Waals surface area contributed by atoms with Gasteiger partial charge < -0.3 is 15.4 Å². The highest BCUT2D eigenvalue weighted by Gasteiger charge is 2.32. The van der Waals surface area contributed by atoms with Crippen molar-refractivity contribution in [3.63, 3.8) is 0 Å². The Morgan fingerprint density at radius 2 is 2.10 bits per heavy atom. The van der Waals surface area contributed by atoms with E-state index in [1.807, 2.05) is 6.07 Å². The molecule has 2 saturated heterocycles. The van der Waals surface area contributed by atoms with E-state index in [1.165, 1.54) is 0 Å². The number of morpholine rings is 1. The molecule has 2 aliphatic heterocycles. The van der Waals surface area contributed by atoms with Crippen LogP contribution < -0.4 is 10.6 Å². The number of ether oxygens (including phenoxy) is 1. The predicted octanol–water partition coefficient (Wildman–Crippen LogP) is 1.61. The van der Waals surface area contributed by atoms with Crippen LogP contribution >= 0.6 is 0 Å². The first-order valence-corrected chi connectivity index (χ1v) is 7.71. The molecule has 0 amide bonds. The fraction of sp³-hybridized carbons (Fsp3) is 0.625. The van der Waals surface area contributed by atoms with Crippen LogP contribution in [0.3, 0.4) is 0 Å². The van der Waals surface area contributed by atoms with Crippen molar-refractivity contribution in [3.05, 3.63) is 29.6 Å². The number of anilines is 1. The minimum atomic E-state index is -0.161. The van der Waals surface area contributed by atoms with Crippen LogP contribution in [0.25, 0.3) is 0 Å². The molecular formula is C16H24FN3O. The standard InChI is InChI=1S/C16H24FN3O/c1-19-11-12(10-18)8-16(19)14-9-13(17)2-3-15(14)20-4-6-21-7-5-20/h2-3,9,12,16H,4-8,10-11,18H2,1H3. The SMILES string of the molecule is CN1CC(CN)CC1c1cc(F)ccc1N1CCOCC1. The van der Waals surface area contributed by atoms with E-state index in [0.717, 1.165) is 50.5 Å². The van der Waals surface area contributed by atoms with Gasteiger partial charge >= 0.3 is 0 Å². The van der Waals surface area contributed by atoms with Gasteiger partial charge in [0.15, 0.2) is 0 Å². The molecule has 2 N–H and O–H groups in total. The molecule has 2 atom stereocenters. The third-order valence-corrected chi connectivity index (χ3v) is 4.67. The lowest BCUT2D eigenvalue weighted by Crippen LogP contribution is -2.37. The molecule has 1 aromatic rings. The summed E-state index contributed by atoms with van der Waals surface area (Å²) in [5, 5.41) is 0. The molecule has 116 valence electrons. The monoisotopic (exact) mass is 293 g/mol. The van der Waals surface area contributed by atoms with Crippen molar-refractivity contribution in [2.45, 2.75) is 12.5 Å². The number of rotatable bonds is 3. The minimum Gasteiger partial charge on any atom is -0.378 e. The van der Waals surface area contributed by atoms with E-state index in [-0.39, 0.29) is 11.9 Å². The van der Waals surface area contributed by atoms with Crippen LogP contribution in [0.1, 0.15) is 18.0 Å². The largest absolute Gasteiger partial charge is 0.378 e. The lowest BCUT2D eigenvalue weighted by molar-refractivity contribution is 0.122. The van der Waals surface area contributed by atoms with Crippen LogP contribution in [-0.2, 0) is 4.74 Å². The lowest BCUT2D eigenvalue weighted by Gasteiger charge is -2.33. The Kier molecular flexibility index (Phi) is 4.42. The zero-order valence-electron chi connectivity index (χ0n) is 12.6. The number of hydrogen-bond donors (Lipinski definition) is 1. The van der Waals surface area contributed by atoms with E-state index < -0.39 is 0 Å². The molecular weight excluding hydrogens is 269 g/mol. The van der Waals surface area contributed by atoms with Gasteiger partial charge in [0.2, 0.25) is 0 Å². The van der Waals surface area contributed by atoms with Crippen molar-refractivity contribution >= 4 is 5.69 Å². The molecule has 4 nitrogen and oxygen atoms in total. The first-order chi connectivity index (χ1) is 10.2. The molecule has 3 rings (SSSR count). The highest BCUT2D eigenvalue weighted by molar-refractivity contribution is 5.56. The van der Waals surface area contributed by atoms with Gasteiger partial charge in [-0.1, -0.05) is 0 Å². The molecule has 21 heavy (non-hydrogen) atoms. The summed E-state index contributed by atoms with van der Waals surface area (Å²) in [5.41, 5.74) is 8.06. The smallest absolute Gasteiger partial charge is 0.123 e. The Labute approximate surface area is 125 Å². The molecule has 0 radical (unpaired) electrons. The van der Waals surface area contributed by atoms with Gasteiger partial charge in [-0.25, -0.2) is 4.39 Å². The van der Waals surface area contributed by atoms with Gasteiger partial charge in [-0.05, 0) is 49.7 Å². The van der Waals surface area contributed by atoms with E-state index in [9.17, 15) is 4.39 Å². The van der Waals surface area contributed by atoms with Crippen molar-refractivity contribution in [3.8, 4) is 0 Å². The normalized spacial score (nSPS) is 27.3. The van der Waals surface area contributed by atoms with Gasteiger partial charge in [-0.15, -0.1) is 0 Å². The van der Waals surface area contributed by atoms with Gasteiger partial charge in [-0.2, -0.15) is 0 Å². The summed E-state index contributed by atoms with van der Waals surface area (Å²) in [6.07, 6.45) is 1.01. The second-order valence-electron chi connectivity index (χ2n) is 6.10. The molecule has 0 saturated carbocycles. The molecule has 2 aliphatic rings. The molecule has 2 heterocycles. The predicted molar refractivity (Wildman–Crippen MR) is 82.0 cm³/mol. The first kappa shape index (κ1) is 14.8. The number of halogens is 1. The quantitative estimate of drug-likeness (QED) is 0.919. The van der Waals surface area contributed by atoms with Crippen LogP contribution in [0, 0.1) is 11.7 Å². The van der Waals surface area contributed by atoms with Gasteiger partial charge in [0.05, 0.1) is 13.2 Å². The van der Waals surface area contributed by atoms with Crippen LogP contribution in [0.15, 0.2) is 18.2 Å². The van der Waals surface area contributed by atoms with Crippen LogP contribution in [-0.4, -0.2) is 51.3 Å². The molecule has 2 fully saturated rings. The minimum absolute atomic E-state index is 0.161. The van der Waals surface area contributed by atoms with Crippen LogP contribution in [0.2, 0.25) is 0 Å². The van der Waals surface area contributed by atoms with Crippen molar-refractivity contribution in [2.24, 2.45) is 11.7 Å². The number of likely N-dealkylation sites (tertiary alicyclic amines) is 1. The summed E-state index contributed by atoms with van der Waals surface area (Å²) in [6, 6.07) is 5.43. The average Bonchev–Trinajstić information content (AvgIpc) is 2.89. The summed E-state index contributed by atoms with van der Waals surface area (Å²) in [6.45, 7) is 4.90. The Morgan fingerprint density at radius 1 is 1.33 bits per heavy atom. The van der Waals surface area contributed by atoms with Crippen molar-refractivity contribution in [1.29, 1.82) is 0 Å². The second kappa shape index (κ2) is 6.30. The Bertz CT molecular complexity index is 490. The van der Waals surface area contributed by atoms with Gasteiger partial charge in [-0.3, -0.25) is 4.90 Å². The van der Waals surface area contributed by atoms with Crippen LogP contribution in [0.5, 0.6) is 0 Å². The third kappa shape index (κ3) is 3.05. The maximum atomic E-state index is 13.8. The fourth-order valence-electron chi connectivity index (χ4n) is 3.52. The Balaban J connectivity index is 1.91. The summed E-state index contributed by atoms with van der Waals surface area (Å²) in [7, 11) is 2.11. The molecule has 0 aliphatic carbocycles. The zero-order chi connectivity index (χ0) is 14.8. The maximum absolute atomic E-state index is 13.8. The summed E-state index contributed by atoms with van der Waals surface area (Å²) >= 11 is 0. The Morgan fingerprint density at radius 3 is 2.76 bits per heavy atom. The van der Waals surface area contributed by atoms with Crippen molar-refractivity contribution in [2.75, 3.05) is 51.3 Å². The van der Waals surface area contributed by atoms with Crippen molar-refractivity contribution in [1.82, 2.24) is 4.90 Å². The fourth-order valence-corrected chi connectivity index (χ4v) is 3.52. The molecule has 0 bridgehead atoms. The van der Waals surface area contributed by atoms with Gasteiger partial charge in [0, 0.05) is 31.4 Å². The molecule has 1 aromatic carbocycles. The average molecular weight is 293 g/mol. The van der Waals surface area contributed by atoms with E-state index in [4.69, 9.17) is 10.5 Å². The topological polar surface area (TPSA) is 41.7 Å². The number of nitrogens with two attached hydrogens (primary N) is 1. The number of hydrogen-bond acceptors (Lipinski definition) is 4. The highest BCUT2D eigenvalue weighted by Crippen LogP contribution is 2.39. The lowest BCUT2D eigenvalue weighted by atomic mass is 9.97. The van der Waals surface area contributed by atoms with E-state index in [0.29, 0.717) is 12.5 Å². The first-order valence-electron chi connectivity index (χ1n) is 7.71. The summed E-state index contributed by atoms with van der Waals surface area (Å²) in [4.78, 5) is 4.61. The number of nitrogens with zero attached hydrogens (tertiary/aromatic N) is 2. The van der Waals surface area contributed by atoms with Gasteiger partial charge in [0.25, 0.3) is 0 Å². The van der Waals surface area contributed by atoms with Crippen LogP contribution in [0.4, 0.5) is 10.1 Å². The maximum Gasteiger partial charge on any atom is 0.123 e. The van der Waals surface area contributed by atoms with Crippen molar-refractivity contribution < 1.29 is 9.13 Å². The molecule has 2 unspecified atom stereocenters. The highest BCUT2D eigenvalue weighted by atomic mass is 19.1. The van der Waals surface area contributed by atoms with Gasteiger partial charge in [0.1, 0.15) is 5.82 Å². The Hall–Kier alpha value is -1.17. The molecule has 0 spiro atoms. The van der Waals surface area contributed by atoms with E-state index >= 15 is 0 Å². The number of benzene rings is 1. The summed E-state index contributed by atoms with van der Waals surface area (Å²) in [5.74, 6) is 0.340. The summed E-state index contributed by atoms with van der Waals surface area (Å²) < 4.78 is 19.2.